The van der Waals surface area contributed by atoms with E-state index in [-0.39, 0.29) is 11.8 Å². The fraction of sp³-hybridized carbons (Fsp3) is 0.643. The maximum absolute atomic E-state index is 11.0. The highest BCUT2D eigenvalue weighted by molar-refractivity contribution is 5.69. The Labute approximate surface area is 102 Å². The number of aliphatic carboxylic acids is 1. The summed E-state index contributed by atoms with van der Waals surface area (Å²) in [5.41, 5.74) is 0. The van der Waals surface area contributed by atoms with Crippen molar-refractivity contribution in [2.24, 2.45) is 29.6 Å². The van der Waals surface area contributed by atoms with Crippen molar-refractivity contribution in [2.45, 2.75) is 20.3 Å². The third-order valence-electron chi connectivity index (χ3n) is 4.27. The van der Waals surface area contributed by atoms with E-state index in [1.54, 1.807) is 14.0 Å². The smallest absolute Gasteiger partial charge is 0.306 e. The zero-order valence-corrected chi connectivity index (χ0v) is 10.6. The van der Waals surface area contributed by atoms with Gasteiger partial charge in [-0.2, -0.15) is 0 Å². The molecule has 0 aromatic rings. The van der Waals surface area contributed by atoms with Crippen molar-refractivity contribution in [1.29, 1.82) is 0 Å². The molecule has 5 unspecified atom stereocenters. The number of hydrogen-bond acceptors (Lipinski definition) is 2. The molecule has 0 heterocycles. The first-order valence-electron chi connectivity index (χ1n) is 6.21. The molecule has 0 saturated heterocycles. The Bertz CT molecular complexity index is 370. The van der Waals surface area contributed by atoms with Crippen molar-refractivity contribution in [2.75, 3.05) is 7.11 Å². The molecule has 0 spiro atoms. The molecule has 3 heteroatoms. The van der Waals surface area contributed by atoms with Crippen LogP contribution in [0.2, 0.25) is 0 Å². The van der Waals surface area contributed by atoms with Crippen molar-refractivity contribution in [1.82, 2.24) is 0 Å². The summed E-state index contributed by atoms with van der Waals surface area (Å²) in [6.07, 6.45) is 7.46. The Hall–Kier alpha value is -1.25. The second-order valence-electron chi connectivity index (χ2n) is 5.26. The van der Waals surface area contributed by atoms with Gasteiger partial charge in [0.1, 0.15) is 5.76 Å². The van der Waals surface area contributed by atoms with Gasteiger partial charge in [-0.25, -0.2) is 0 Å². The van der Waals surface area contributed by atoms with Crippen LogP contribution in [0.1, 0.15) is 20.3 Å². The Morgan fingerprint density at radius 2 is 2.24 bits per heavy atom. The zero-order chi connectivity index (χ0) is 12.6. The summed E-state index contributed by atoms with van der Waals surface area (Å²) in [6, 6.07) is 0. The van der Waals surface area contributed by atoms with Gasteiger partial charge in [-0.15, -0.1) is 0 Å². The number of allylic oxidation sites excluding steroid dienone is 3. The molecule has 0 aromatic carbocycles. The molecule has 1 fully saturated rings. The second kappa shape index (κ2) is 4.55. The van der Waals surface area contributed by atoms with Crippen LogP contribution in [-0.2, 0) is 9.53 Å². The van der Waals surface area contributed by atoms with E-state index in [1.165, 1.54) is 6.42 Å². The Morgan fingerprint density at radius 3 is 2.82 bits per heavy atom. The topological polar surface area (TPSA) is 46.5 Å². The molecule has 2 aliphatic rings. The first-order chi connectivity index (χ1) is 8.04. The van der Waals surface area contributed by atoms with E-state index >= 15 is 0 Å². The normalized spacial score (nSPS) is 34.1. The third-order valence-corrected chi connectivity index (χ3v) is 4.27. The minimum atomic E-state index is -0.702. The van der Waals surface area contributed by atoms with Crippen LogP contribution in [0.15, 0.2) is 24.0 Å². The van der Waals surface area contributed by atoms with Crippen molar-refractivity contribution in [3.05, 3.63) is 24.0 Å². The van der Waals surface area contributed by atoms with E-state index in [0.29, 0.717) is 17.8 Å². The highest BCUT2D eigenvalue weighted by atomic mass is 16.5. The molecule has 5 atom stereocenters. The Kier molecular flexibility index (Phi) is 3.27. The van der Waals surface area contributed by atoms with E-state index < -0.39 is 5.97 Å². The van der Waals surface area contributed by atoms with Gasteiger partial charge in [0.2, 0.25) is 0 Å². The molecule has 0 radical (unpaired) electrons. The largest absolute Gasteiger partial charge is 0.497 e. The summed E-state index contributed by atoms with van der Waals surface area (Å²) < 4.78 is 5.26. The molecule has 17 heavy (non-hydrogen) atoms. The molecule has 94 valence electrons. The van der Waals surface area contributed by atoms with Crippen LogP contribution in [0.3, 0.4) is 0 Å². The molecule has 3 nitrogen and oxygen atoms in total. The number of carboxylic acid groups (broad SMARTS) is 1. The lowest BCUT2D eigenvalue weighted by molar-refractivity contribution is -0.143. The van der Waals surface area contributed by atoms with Gasteiger partial charge in [-0.05, 0) is 42.2 Å². The van der Waals surface area contributed by atoms with Gasteiger partial charge < -0.3 is 9.84 Å². The van der Waals surface area contributed by atoms with Crippen LogP contribution in [0.4, 0.5) is 0 Å². The number of hydrogen-bond donors (Lipinski definition) is 1. The lowest BCUT2D eigenvalue weighted by Gasteiger charge is -2.24. The fourth-order valence-corrected chi connectivity index (χ4v) is 2.74. The number of carbonyl (C=O) groups is 1. The lowest BCUT2D eigenvalue weighted by Crippen LogP contribution is -2.25. The van der Waals surface area contributed by atoms with E-state index in [1.807, 2.05) is 13.0 Å². The maximum atomic E-state index is 11.0. The first kappa shape index (κ1) is 12.2. The Morgan fingerprint density at radius 1 is 1.53 bits per heavy atom. The van der Waals surface area contributed by atoms with Crippen molar-refractivity contribution in [3.8, 4) is 0 Å². The average molecular weight is 236 g/mol. The highest BCUT2D eigenvalue weighted by Gasteiger charge is 2.45. The quantitative estimate of drug-likeness (QED) is 0.816. The van der Waals surface area contributed by atoms with Gasteiger partial charge in [0.05, 0.1) is 13.0 Å². The van der Waals surface area contributed by atoms with Crippen LogP contribution in [-0.4, -0.2) is 18.2 Å². The van der Waals surface area contributed by atoms with Crippen LogP contribution < -0.4 is 0 Å². The summed E-state index contributed by atoms with van der Waals surface area (Å²) in [5, 5.41) is 9.09. The molecule has 1 N–H and O–H groups in total. The monoisotopic (exact) mass is 236 g/mol. The third kappa shape index (κ3) is 2.38. The highest BCUT2D eigenvalue weighted by Crippen LogP contribution is 2.51. The van der Waals surface area contributed by atoms with Gasteiger partial charge in [0.15, 0.2) is 0 Å². The van der Waals surface area contributed by atoms with Crippen molar-refractivity contribution < 1.29 is 14.6 Å². The lowest BCUT2D eigenvalue weighted by atomic mass is 9.80. The summed E-state index contributed by atoms with van der Waals surface area (Å²) >= 11 is 0. The zero-order valence-electron chi connectivity index (χ0n) is 10.6. The maximum Gasteiger partial charge on any atom is 0.306 e. The van der Waals surface area contributed by atoms with Gasteiger partial charge in [-0.3, -0.25) is 4.79 Å². The molecular weight excluding hydrogens is 216 g/mol. The number of methoxy groups -OCH3 is 1. The van der Waals surface area contributed by atoms with Crippen LogP contribution in [0.5, 0.6) is 0 Å². The van der Waals surface area contributed by atoms with Crippen molar-refractivity contribution in [3.63, 3.8) is 0 Å². The van der Waals surface area contributed by atoms with E-state index in [0.717, 1.165) is 5.76 Å². The molecule has 2 rings (SSSR count). The molecule has 0 amide bonds. The molecule has 0 aromatic heterocycles. The predicted octanol–water partition coefficient (Wildman–Crippen LogP) is 2.70. The Balaban J connectivity index is 2.11. The van der Waals surface area contributed by atoms with Gasteiger partial charge in [-0.1, -0.05) is 19.9 Å². The summed E-state index contributed by atoms with van der Waals surface area (Å²) in [4.78, 5) is 11.0. The minimum absolute atomic E-state index is 0.170. The van der Waals surface area contributed by atoms with E-state index in [9.17, 15) is 4.79 Å². The van der Waals surface area contributed by atoms with Crippen LogP contribution in [0.25, 0.3) is 0 Å². The first-order valence-corrected chi connectivity index (χ1v) is 6.21. The van der Waals surface area contributed by atoms with Gasteiger partial charge in [0, 0.05) is 0 Å². The number of carboxylic acids is 1. The summed E-state index contributed by atoms with van der Waals surface area (Å²) in [6.45, 7) is 3.84. The SMILES string of the molecule is COC1=CC2CC2C(C(C)C(C)C(=O)O)C=C1. The molecule has 2 aliphatic carbocycles. The van der Waals surface area contributed by atoms with Crippen LogP contribution in [0, 0.1) is 29.6 Å². The average Bonchev–Trinajstić information content (AvgIpc) is 3.04. The van der Waals surface area contributed by atoms with E-state index in [2.05, 4.69) is 12.2 Å². The number of ether oxygens (including phenoxy) is 1. The second-order valence-corrected chi connectivity index (χ2v) is 5.26. The summed E-state index contributed by atoms with van der Waals surface area (Å²) in [7, 11) is 1.68. The summed E-state index contributed by atoms with van der Waals surface area (Å²) in [5.74, 6) is 1.62. The molecule has 0 aliphatic heterocycles. The van der Waals surface area contributed by atoms with Gasteiger partial charge >= 0.3 is 5.97 Å². The molecule has 0 bridgehead atoms. The van der Waals surface area contributed by atoms with Gasteiger partial charge in [0.25, 0.3) is 0 Å². The van der Waals surface area contributed by atoms with Crippen LogP contribution >= 0.6 is 0 Å². The number of rotatable bonds is 4. The minimum Gasteiger partial charge on any atom is -0.497 e. The predicted molar refractivity (Wildman–Crippen MR) is 65.3 cm³/mol. The van der Waals surface area contributed by atoms with Crippen molar-refractivity contribution >= 4 is 5.97 Å². The molecular formula is C14H20O3. The van der Waals surface area contributed by atoms with E-state index in [4.69, 9.17) is 9.84 Å². The standard InChI is InChI=1S/C14H20O3/c1-8(9(2)14(15)16)12-5-4-11(17-3)6-10-7-13(10)12/h4-6,8-10,12-13H,7H2,1-3H3,(H,15,16). The fourth-order valence-electron chi connectivity index (χ4n) is 2.74. The number of fused-ring (bicyclic) bond motifs is 1. The molecule has 1 saturated carbocycles.